The Morgan fingerprint density at radius 1 is 1.43 bits per heavy atom. The van der Waals surface area contributed by atoms with Crippen molar-refractivity contribution in [3.63, 3.8) is 0 Å². The van der Waals surface area contributed by atoms with Gasteiger partial charge in [0.2, 0.25) is 0 Å². The lowest BCUT2D eigenvalue weighted by atomic mass is 9.95. The maximum absolute atomic E-state index is 10.8. The molecule has 8 nitrogen and oxygen atoms in total. The third kappa shape index (κ3) is 3.04. The fourth-order valence-corrected chi connectivity index (χ4v) is 2.04. The van der Waals surface area contributed by atoms with Gasteiger partial charge in [-0.05, 0) is 34.2 Å². The van der Waals surface area contributed by atoms with E-state index in [0.717, 1.165) is 6.21 Å². The van der Waals surface area contributed by atoms with E-state index in [1.807, 2.05) is 0 Å². The van der Waals surface area contributed by atoms with Gasteiger partial charge in [-0.2, -0.15) is 0 Å². The molecule has 1 N–H and O–H groups in total. The first kappa shape index (κ1) is 14.6. The van der Waals surface area contributed by atoms with Crippen molar-refractivity contribution in [2.75, 3.05) is 7.11 Å². The van der Waals surface area contributed by atoms with Crippen LogP contribution in [0, 0.1) is 10.1 Å². The number of nitrogens with zero attached hydrogens (tertiary/aromatic N) is 3. The first-order chi connectivity index (χ1) is 9.97. The number of hydrogen-bond donors (Lipinski definition) is 1. The lowest BCUT2D eigenvalue weighted by Crippen LogP contribution is -2.21. The highest BCUT2D eigenvalue weighted by atomic mass is 16.6. The number of rotatable bonds is 5. The van der Waals surface area contributed by atoms with Crippen LogP contribution in [0.2, 0.25) is 0 Å². The molecule has 1 heterocycles. The van der Waals surface area contributed by atoms with Crippen molar-refractivity contribution in [1.82, 2.24) is 0 Å². The molecule has 0 saturated carbocycles. The Bertz CT molecular complexity index is 623. The van der Waals surface area contributed by atoms with Crippen molar-refractivity contribution in [2.45, 2.75) is 18.5 Å². The van der Waals surface area contributed by atoms with Crippen molar-refractivity contribution >= 4 is 18.0 Å². The van der Waals surface area contributed by atoms with Gasteiger partial charge in [0, 0.05) is 12.0 Å². The normalized spacial score (nSPS) is 20.1. The summed E-state index contributed by atoms with van der Waals surface area (Å²) >= 11 is 0. The molecular formula is C13H13N3O5. The maximum Gasteiger partial charge on any atom is 0.379 e. The maximum atomic E-state index is 10.8. The summed E-state index contributed by atoms with van der Waals surface area (Å²) in [6, 6.07) is 6.69. The molecule has 0 fully saturated rings. The molecule has 0 spiro atoms. The van der Waals surface area contributed by atoms with Gasteiger partial charge in [-0.3, -0.25) is 4.79 Å². The zero-order valence-corrected chi connectivity index (χ0v) is 11.2. The minimum Gasteiger partial charge on any atom is -0.497 e. The van der Waals surface area contributed by atoms with Gasteiger partial charge in [0.05, 0.1) is 13.5 Å². The summed E-state index contributed by atoms with van der Waals surface area (Å²) in [5.41, 5.74) is -0.676. The van der Waals surface area contributed by atoms with E-state index in [2.05, 4.69) is 9.98 Å². The highest BCUT2D eigenvalue weighted by Gasteiger charge is 2.43. The highest BCUT2D eigenvalue weighted by molar-refractivity contribution is 6.26. The van der Waals surface area contributed by atoms with Crippen LogP contribution in [0.4, 0.5) is 0 Å². The number of carbonyl (C=O) groups is 1. The van der Waals surface area contributed by atoms with E-state index in [1.165, 1.54) is 7.11 Å². The fourth-order valence-electron chi connectivity index (χ4n) is 2.04. The smallest absolute Gasteiger partial charge is 0.379 e. The molecule has 1 atom stereocenters. The van der Waals surface area contributed by atoms with E-state index >= 15 is 0 Å². The van der Waals surface area contributed by atoms with Crippen molar-refractivity contribution in [1.29, 1.82) is 0 Å². The number of aliphatic carboxylic acids is 1. The largest absolute Gasteiger partial charge is 0.497 e. The molecule has 1 aromatic rings. The van der Waals surface area contributed by atoms with Crippen LogP contribution in [0.3, 0.4) is 0 Å². The molecule has 0 aromatic heterocycles. The topological polar surface area (TPSA) is 114 Å². The molecule has 1 aliphatic rings. The Labute approximate surface area is 119 Å². The summed E-state index contributed by atoms with van der Waals surface area (Å²) in [6.07, 6.45) is 0.909. The molecule has 0 bridgehead atoms. The van der Waals surface area contributed by atoms with E-state index in [-0.39, 0.29) is 18.7 Å². The molecule has 0 saturated heterocycles. The molecule has 8 heteroatoms. The van der Waals surface area contributed by atoms with Gasteiger partial charge in [-0.15, -0.1) is 0 Å². The van der Waals surface area contributed by atoms with Crippen LogP contribution in [0.5, 0.6) is 5.75 Å². The number of methoxy groups -OCH3 is 1. The predicted molar refractivity (Wildman–Crippen MR) is 74.5 cm³/mol. The molecular weight excluding hydrogens is 278 g/mol. The van der Waals surface area contributed by atoms with Crippen LogP contribution in [0.1, 0.15) is 18.4 Å². The first-order valence-corrected chi connectivity index (χ1v) is 6.13. The third-order valence-corrected chi connectivity index (χ3v) is 3.12. The Morgan fingerprint density at radius 2 is 2.10 bits per heavy atom. The van der Waals surface area contributed by atoms with E-state index in [0.29, 0.717) is 11.3 Å². The molecule has 2 rings (SSSR count). The number of carboxylic acid groups (broad SMARTS) is 1. The minimum atomic E-state index is -1.26. The molecule has 0 aliphatic carbocycles. The summed E-state index contributed by atoms with van der Waals surface area (Å²) in [4.78, 5) is 29.1. The first-order valence-electron chi connectivity index (χ1n) is 6.13. The predicted octanol–water partition coefficient (Wildman–Crippen LogP) is 1.47. The van der Waals surface area contributed by atoms with E-state index in [1.54, 1.807) is 24.3 Å². The summed E-state index contributed by atoms with van der Waals surface area (Å²) in [6.45, 7) is 0. The second kappa shape index (κ2) is 5.70. The lowest BCUT2D eigenvalue weighted by molar-refractivity contribution is -0.345. The van der Waals surface area contributed by atoms with Gasteiger partial charge in [-0.25, -0.2) is 4.99 Å². The number of benzene rings is 1. The molecule has 1 aliphatic heterocycles. The van der Waals surface area contributed by atoms with Gasteiger partial charge >= 0.3 is 11.8 Å². The monoisotopic (exact) mass is 291 g/mol. The van der Waals surface area contributed by atoms with Crippen LogP contribution in [0.25, 0.3) is 0 Å². The molecule has 110 valence electrons. The van der Waals surface area contributed by atoms with Crippen LogP contribution < -0.4 is 4.74 Å². The van der Waals surface area contributed by atoms with E-state index < -0.39 is 16.6 Å². The third-order valence-electron chi connectivity index (χ3n) is 3.12. The van der Waals surface area contributed by atoms with Crippen LogP contribution in [-0.2, 0) is 10.5 Å². The number of hydrogen-bond acceptors (Lipinski definition) is 6. The Morgan fingerprint density at radius 3 is 2.57 bits per heavy atom. The molecule has 21 heavy (non-hydrogen) atoms. The van der Waals surface area contributed by atoms with Gasteiger partial charge in [0.25, 0.3) is 5.66 Å². The Kier molecular flexibility index (Phi) is 3.97. The number of carboxylic acids is 1. The van der Waals surface area contributed by atoms with E-state index in [9.17, 15) is 14.9 Å². The number of nitro groups is 1. The SMILES string of the molecule is COc1ccc(C2(CCC(=O)O)N=CC([N+](=O)[O-])=N2)cc1. The van der Waals surface area contributed by atoms with E-state index in [4.69, 9.17) is 9.84 Å². The van der Waals surface area contributed by atoms with Crippen molar-refractivity contribution in [3.05, 3.63) is 39.9 Å². The van der Waals surface area contributed by atoms with Gasteiger partial charge in [-0.1, -0.05) is 0 Å². The minimum absolute atomic E-state index is 0.0441. The molecule has 1 aromatic carbocycles. The van der Waals surface area contributed by atoms with Gasteiger partial charge in [0.1, 0.15) is 12.0 Å². The number of amidine groups is 1. The second-order valence-corrected chi connectivity index (χ2v) is 4.42. The van der Waals surface area contributed by atoms with Crippen LogP contribution >= 0.6 is 0 Å². The number of ether oxygens (including phenoxy) is 1. The van der Waals surface area contributed by atoms with Crippen LogP contribution in [-0.4, -0.2) is 35.2 Å². The van der Waals surface area contributed by atoms with Gasteiger partial charge in [0.15, 0.2) is 0 Å². The highest BCUT2D eigenvalue weighted by Crippen LogP contribution is 2.36. The van der Waals surface area contributed by atoms with Crippen molar-refractivity contribution in [3.8, 4) is 5.75 Å². The average Bonchev–Trinajstić information content (AvgIpc) is 2.91. The molecule has 0 radical (unpaired) electrons. The zero-order chi connectivity index (χ0) is 15.5. The Hall–Kier alpha value is -2.77. The Balaban J connectivity index is 2.39. The van der Waals surface area contributed by atoms with Gasteiger partial charge < -0.3 is 20.0 Å². The molecule has 0 amide bonds. The summed E-state index contributed by atoms with van der Waals surface area (Å²) in [5, 5.41) is 19.6. The lowest BCUT2D eigenvalue weighted by Gasteiger charge is -2.17. The standard InChI is InChI=1S/C13H13N3O5/c1-21-10-4-2-9(3-5-10)13(7-6-12(17)18)14-8-11(15-13)16(19)20/h2-5,8H,6-7H2,1H3,(H,17,18). The van der Waals surface area contributed by atoms with Crippen molar-refractivity contribution in [2.24, 2.45) is 9.98 Å². The van der Waals surface area contributed by atoms with Crippen molar-refractivity contribution < 1.29 is 19.6 Å². The average molecular weight is 291 g/mol. The summed E-state index contributed by atoms with van der Waals surface area (Å²) < 4.78 is 5.05. The fraction of sp³-hybridized carbons (Fsp3) is 0.308. The van der Waals surface area contributed by atoms with Crippen LogP contribution in [0.15, 0.2) is 34.3 Å². The molecule has 1 unspecified atom stereocenters. The second-order valence-electron chi connectivity index (χ2n) is 4.42. The number of aliphatic imine (C=N–C) groups is 2. The summed E-state index contributed by atoms with van der Waals surface area (Å²) in [5.74, 6) is -0.772. The summed E-state index contributed by atoms with van der Waals surface area (Å²) in [7, 11) is 1.52. The zero-order valence-electron chi connectivity index (χ0n) is 11.2. The quantitative estimate of drug-likeness (QED) is 0.651.